The van der Waals surface area contributed by atoms with Gasteiger partial charge in [-0.1, -0.05) is 121 Å². The summed E-state index contributed by atoms with van der Waals surface area (Å²) in [6, 6.07) is 43.5. The molecule has 4 aromatic rings. The molecule has 4 rings (SSSR count). The second-order valence-electron chi connectivity index (χ2n) is 6.21. The van der Waals surface area contributed by atoms with Crippen LogP contribution >= 0.6 is 0 Å². The number of rotatable bonds is 4. The van der Waals surface area contributed by atoms with Crippen molar-refractivity contribution < 1.29 is 0 Å². The van der Waals surface area contributed by atoms with Crippen LogP contribution in [0.4, 0.5) is 0 Å². The molecule has 1 heteroatoms. The predicted octanol–water partition coefficient (Wildman–Crippen LogP) is 4.15. The minimum atomic E-state index is -1.13. The SMILES string of the molecule is c1ccc(C(c2ccccc2)=[Si](c2ccccc2)c2ccccc2)cc1. The zero-order valence-corrected chi connectivity index (χ0v) is 15.5. The first-order valence-corrected chi connectivity index (χ1v) is 10.4. The molecule has 0 radical (unpaired) electrons. The van der Waals surface area contributed by atoms with E-state index in [1.807, 2.05) is 0 Å². The third-order valence-electron chi connectivity index (χ3n) is 4.50. The van der Waals surface area contributed by atoms with Crippen LogP contribution in [0.2, 0.25) is 0 Å². The normalized spacial score (nSPS) is 10.3. The summed E-state index contributed by atoms with van der Waals surface area (Å²) in [5.41, 5.74) is 2.61. The summed E-state index contributed by atoms with van der Waals surface area (Å²) in [4.78, 5) is 0. The van der Waals surface area contributed by atoms with E-state index in [2.05, 4.69) is 121 Å². The van der Waals surface area contributed by atoms with Crippen molar-refractivity contribution in [1.29, 1.82) is 0 Å². The molecule has 0 atom stereocenters. The molecule has 0 aliphatic heterocycles. The van der Waals surface area contributed by atoms with E-state index in [-0.39, 0.29) is 0 Å². The first-order chi connectivity index (χ1) is 12.9. The van der Waals surface area contributed by atoms with Gasteiger partial charge in [0, 0.05) is 0 Å². The quantitative estimate of drug-likeness (QED) is 0.486. The molecule has 0 aromatic heterocycles. The average molecular weight is 349 g/mol. The molecule has 0 saturated carbocycles. The summed E-state index contributed by atoms with van der Waals surface area (Å²) in [7, 11) is -1.13. The third-order valence-corrected chi connectivity index (χ3v) is 7.40. The van der Waals surface area contributed by atoms with Crippen LogP contribution in [0.1, 0.15) is 11.1 Å². The fourth-order valence-corrected chi connectivity index (χ4v) is 6.20. The maximum atomic E-state index is 2.27. The number of hydrogen-bond acceptors (Lipinski definition) is 0. The van der Waals surface area contributed by atoms with Crippen LogP contribution in [0.3, 0.4) is 0 Å². The first-order valence-electron chi connectivity index (χ1n) is 8.89. The van der Waals surface area contributed by atoms with Gasteiger partial charge in [-0.3, -0.25) is 0 Å². The fraction of sp³-hybridized carbons (Fsp3) is 0. The highest BCUT2D eigenvalue weighted by molar-refractivity contribution is 6.95. The summed E-state index contributed by atoms with van der Waals surface area (Å²) in [5, 5.41) is 4.26. The molecule has 0 nitrogen and oxygen atoms in total. The minimum absolute atomic E-state index is 1.13. The van der Waals surface area contributed by atoms with Crippen molar-refractivity contribution >= 4 is 24.0 Å². The highest BCUT2D eigenvalue weighted by Gasteiger charge is 2.16. The Morgan fingerprint density at radius 3 is 1.04 bits per heavy atom. The number of hydrogen-bond donors (Lipinski definition) is 0. The Bertz CT molecular complexity index is 821. The molecule has 4 aromatic carbocycles. The average Bonchev–Trinajstić information content (AvgIpc) is 2.74. The Labute approximate surface area is 156 Å². The Balaban J connectivity index is 2.09. The van der Waals surface area contributed by atoms with Crippen molar-refractivity contribution in [2.75, 3.05) is 0 Å². The van der Waals surface area contributed by atoms with Gasteiger partial charge < -0.3 is 0 Å². The molecule has 0 bridgehead atoms. The molecule has 0 unspecified atom stereocenters. The molecule has 124 valence electrons. The summed E-state index contributed by atoms with van der Waals surface area (Å²) in [6.45, 7) is 0. The van der Waals surface area contributed by atoms with Crippen molar-refractivity contribution in [3.63, 3.8) is 0 Å². The largest absolute Gasteiger partial charge is 0.0892 e. The molecule has 0 aliphatic carbocycles. The van der Waals surface area contributed by atoms with E-state index in [4.69, 9.17) is 0 Å². The van der Waals surface area contributed by atoms with E-state index < -0.39 is 8.41 Å². The van der Waals surface area contributed by atoms with E-state index in [1.165, 1.54) is 26.7 Å². The van der Waals surface area contributed by atoms with Gasteiger partial charge in [0.05, 0.1) is 8.41 Å². The van der Waals surface area contributed by atoms with Crippen LogP contribution < -0.4 is 10.4 Å². The molecule has 0 N–H and O–H groups in total. The zero-order valence-electron chi connectivity index (χ0n) is 14.5. The molecule has 0 saturated heterocycles. The van der Waals surface area contributed by atoms with Gasteiger partial charge in [0.1, 0.15) is 0 Å². The molecule has 0 amide bonds. The Hall–Kier alpha value is -3.03. The van der Waals surface area contributed by atoms with E-state index in [0.29, 0.717) is 0 Å². The molecular weight excluding hydrogens is 328 g/mol. The molecule has 0 aliphatic rings. The summed E-state index contributed by atoms with van der Waals surface area (Å²) in [5.74, 6) is 0. The molecule has 0 heterocycles. The van der Waals surface area contributed by atoms with Crippen LogP contribution in [-0.2, 0) is 0 Å². The van der Waals surface area contributed by atoms with Gasteiger partial charge >= 0.3 is 0 Å². The van der Waals surface area contributed by atoms with Crippen molar-refractivity contribution in [2.24, 2.45) is 0 Å². The molecular formula is C25H20Si. The molecule has 0 fully saturated rings. The first kappa shape index (κ1) is 16.4. The maximum absolute atomic E-state index is 2.27. The van der Waals surface area contributed by atoms with Gasteiger partial charge in [0.25, 0.3) is 0 Å². The lowest BCUT2D eigenvalue weighted by molar-refractivity contribution is 1.61. The fourth-order valence-electron chi connectivity index (χ4n) is 3.33. The van der Waals surface area contributed by atoms with Crippen molar-refractivity contribution in [3.8, 4) is 0 Å². The van der Waals surface area contributed by atoms with E-state index in [1.54, 1.807) is 0 Å². The van der Waals surface area contributed by atoms with Gasteiger partial charge in [0.15, 0.2) is 0 Å². The minimum Gasteiger partial charge on any atom is -0.0623 e. The smallest absolute Gasteiger partial charge is 0.0623 e. The number of benzene rings is 4. The second-order valence-corrected chi connectivity index (χ2v) is 8.62. The van der Waals surface area contributed by atoms with Crippen molar-refractivity contribution in [1.82, 2.24) is 0 Å². The van der Waals surface area contributed by atoms with Gasteiger partial charge in [0.2, 0.25) is 0 Å². The zero-order chi connectivity index (χ0) is 17.6. The van der Waals surface area contributed by atoms with Gasteiger partial charge in [-0.05, 0) is 26.7 Å². The summed E-state index contributed by atoms with van der Waals surface area (Å²) in [6.07, 6.45) is 0. The van der Waals surface area contributed by atoms with Gasteiger partial charge in [-0.2, -0.15) is 0 Å². The third kappa shape index (κ3) is 3.49. The lowest BCUT2D eigenvalue weighted by Gasteiger charge is -2.17. The van der Waals surface area contributed by atoms with Crippen LogP contribution in [0.15, 0.2) is 121 Å². The van der Waals surface area contributed by atoms with E-state index >= 15 is 0 Å². The molecule has 0 spiro atoms. The monoisotopic (exact) mass is 348 g/mol. The van der Waals surface area contributed by atoms with Crippen molar-refractivity contribution in [2.45, 2.75) is 0 Å². The highest BCUT2D eigenvalue weighted by Crippen LogP contribution is 2.11. The standard InChI is InChI=1S/C25H20Si/c1-5-13-21(14-6-1)25(22-15-7-2-8-16-22)26(23-17-9-3-10-18-23)24-19-11-4-12-20-24/h1-20H. The Morgan fingerprint density at radius 2 is 0.692 bits per heavy atom. The summed E-state index contributed by atoms with van der Waals surface area (Å²) >= 11 is 0. The van der Waals surface area contributed by atoms with Crippen LogP contribution in [-0.4, -0.2) is 13.6 Å². The Morgan fingerprint density at radius 1 is 0.385 bits per heavy atom. The van der Waals surface area contributed by atoms with Crippen LogP contribution in [0, 0.1) is 0 Å². The van der Waals surface area contributed by atoms with E-state index in [0.717, 1.165) is 0 Å². The maximum Gasteiger partial charge on any atom is 0.0892 e. The van der Waals surface area contributed by atoms with Crippen molar-refractivity contribution in [3.05, 3.63) is 132 Å². The molecule has 26 heavy (non-hydrogen) atoms. The topological polar surface area (TPSA) is 0 Å². The van der Waals surface area contributed by atoms with E-state index in [9.17, 15) is 0 Å². The predicted molar refractivity (Wildman–Crippen MR) is 114 cm³/mol. The van der Waals surface area contributed by atoms with Gasteiger partial charge in [-0.15, -0.1) is 0 Å². The van der Waals surface area contributed by atoms with Crippen LogP contribution in [0.5, 0.6) is 0 Å². The Kier molecular flexibility index (Phi) is 4.99. The van der Waals surface area contributed by atoms with Crippen LogP contribution in [0.25, 0.3) is 0 Å². The highest BCUT2D eigenvalue weighted by atomic mass is 28.2. The summed E-state index contributed by atoms with van der Waals surface area (Å²) < 4.78 is 0. The second kappa shape index (κ2) is 7.90. The van der Waals surface area contributed by atoms with Gasteiger partial charge in [-0.25, -0.2) is 0 Å². The lowest BCUT2D eigenvalue weighted by atomic mass is 10.1. The lowest BCUT2D eigenvalue weighted by Crippen LogP contribution is -2.41.